The zero-order valence-electron chi connectivity index (χ0n) is 12.8. The first-order chi connectivity index (χ1) is 11.4. The largest absolute Gasteiger partial charge is 1.00 e. The van der Waals surface area contributed by atoms with Gasteiger partial charge in [0.15, 0.2) is 0 Å². The molecule has 0 spiro atoms. The van der Waals surface area contributed by atoms with Crippen LogP contribution in [0.5, 0.6) is 0 Å². The molecule has 0 unspecified atom stereocenters. The van der Waals surface area contributed by atoms with Crippen molar-refractivity contribution in [1.29, 1.82) is 0 Å². The summed E-state index contributed by atoms with van der Waals surface area (Å²) in [7, 11) is -4.54. The Morgan fingerprint density at radius 1 is 0.720 bits per heavy atom. The Morgan fingerprint density at radius 2 is 1.16 bits per heavy atom. The number of hydrogen-bond donors (Lipinski definition) is 0. The molecule has 0 aliphatic heterocycles. The van der Waals surface area contributed by atoms with E-state index in [1.54, 1.807) is 12.1 Å². The van der Waals surface area contributed by atoms with Gasteiger partial charge in [-0.25, -0.2) is 8.42 Å². The van der Waals surface area contributed by atoms with Crippen LogP contribution in [0.1, 0.15) is 0 Å². The van der Waals surface area contributed by atoms with Crippen LogP contribution >= 0.6 is 17.9 Å². The van der Waals surface area contributed by atoms with Crippen molar-refractivity contribution in [3.8, 4) is 0 Å². The first kappa shape index (κ1) is 20.3. The van der Waals surface area contributed by atoms with Gasteiger partial charge in [-0.2, -0.15) is 0 Å². The summed E-state index contributed by atoms with van der Waals surface area (Å²) >= 11 is 7.15. The van der Waals surface area contributed by atoms with Crippen LogP contribution in [0.25, 0.3) is 0 Å². The van der Waals surface area contributed by atoms with Gasteiger partial charge in [-0.05, 0) is 36.4 Å². The van der Waals surface area contributed by atoms with Crippen LogP contribution in [-0.2, 0) is 32.5 Å². The zero-order chi connectivity index (χ0) is 17.2. The summed E-state index contributed by atoms with van der Waals surface area (Å²) in [6.45, 7) is -2.55. The smallest absolute Gasteiger partial charge is 0.744 e. The van der Waals surface area contributed by atoms with Gasteiger partial charge in [-0.1, -0.05) is 42.5 Å². The van der Waals surface area contributed by atoms with Crippen molar-refractivity contribution in [3.63, 3.8) is 0 Å². The van der Waals surface area contributed by atoms with Crippen LogP contribution in [0.4, 0.5) is 0 Å². The number of halogens is 1. The SMILES string of the molecule is O=S(=O)([O-])c1cccc([P+](Cl)(c2ccccc2)c2ccccc2)c1.[Au+]. The standard InChI is InChI=1S/C18H14ClO3PS.Au/c19-23(15-8-3-1-4-9-15,16-10-5-2-6-11-16)17-12-7-13-18(14-17)24(20,21)22;/h1-14H;/q;+1. The van der Waals surface area contributed by atoms with Crippen molar-refractivity contribution in [2.75, 3.05) is 0 Å². The molecule has 0 atom stereocenters. The summed E-state index contributed by atoms with van der Waals surface area (Å²) in [5.74, 6) is 0. The second-order valence-corrected chi connectivity index (χ2v) is 10.8. The molecule has 0 aromatic heterocycles. The van der Waals surface area contributed by atoms with E-state index in [4.69, 9.17) is 11.2 Å². The van der Waals surface area contributed by atoms with Crippen LogP contribution in [0.15, 0.2) is 89.8 Å². The predicted octanol–water partition coefficient (Wildman–Crippen LogP) is 3.04. The summed E-state index contributed by atoms with van der Waals surface area (Å²) in [5, 5.41) is 2.44. The van der Waals surface area contributed by atoms with E-state index in [0.717, 1.165) is 10.6 Å². The maximum absolute atomic E-state index is 11.4. The topological polar surface area (TPSA) is 57.2 Å². The van der Waals surface area contributed by atoms with E-state index in [1.807, 2.05) is 60.7 Å². The first-order valence-electron chi connectivity index (χ1n) is 7.19. The fourth-order valence-electron chi connectivity index (χ4n) is 2.54. The zero-order valence-corrected chi connectivity index (χ0v) is 17.5. The van der Waals surface area contributed by atoms with Gasteiger partial charge in [0.1, 0.15) is 37.3 Å². The van der Waals surface area contributed by atoms with Gasteiger partial charge in [0.2, 0.25) is 6.62 Å². The Kier molecular flexibility index (Phi) is 6.63. The van der Waals surface area contributed by atoms with E-state index in [9.17, 15) is 13.0 Å². The molecule has 0 saturated carbocycles. The van der Waals surface area contributed by atoms with Crippen molar-refractivity contribution in [2.24, 2.45) is 0 Å². The van der Waals surface area contributed by atoms with E-state index in [-0.39, 0.29) is 27.3 Å². The average Bonchev–Trinajstić information content (AvgIpc) is 2.62. The predicted molar refractivity (Wildman–Crippen MR) is 99.0 cm³/mol. The normalized spacial score (nSPS) is 11.6. The van der Waals surface area contributed by atoms with Crippen molar-refractivity contribution in [2.45, 2.75) is 4.90 Å². The summed E-state index contributed by atoms with van der Waals surface area (Å²) < 4.78 is 34.2. The van der Waals surface area contributed by atoms with Crippen LogP contribution in [0, 0.1) is 0 Å². The van der Waals surface area contributed by atoms with Gasteiger partial charge in [-0.15, -0.1) is 0 Å². The Balaban J connectivity index is 0.00000225. The molecule has 3 aromatic carbocycles. The number of benzene rings is 3. The molecular weight excluding hydrogens is 560 g/mol. The molecule has 3 rings (SSSR count). The molecular formula is C18H14AuClO3PS+. The minimum Gasteiger partial charge on any atom is -0.744 e. The van der Waals surface area contributed by atoms with Gasteiger partial charge in [0.05, 0.1) is 4.90 Å². The van der Waals surface area contributed by atoms with E-state index in [1.165, 1.54) is 12.1 Å². The fourth-order valence-corrected chi connectivity index (χ4v) is 6.81. The van der Waals surface area contributed by atoms with Gasteiger partial charge >= 0.3 is 22.4 Å². The van der Waals surface area contributed by atoms with Crippen molar-refractivity contribution < 1.29 is 35.4 Å². The average molecular weight is 574 g/mol. The third kappa shape index (κ3) is 4.24. The molecule has 0 saturated heterocycles. The molecule has 0 aliphatic rings. The van der Waals surface area contributed by atoms with Gasteiger partial charge < -0.3 is 4.55 Å². The van der Waals surface area contributed by atoms with Crippen LogP contribution in [0.2, 0.25) is 0 Å². The summed E-state index contributed by atoms with van der Waals surface area (Å²) in [4.78, 5) is -0.267. The van der Waals surface area contributed by atoms with Crippen molar-refractivity contribution >= 4 is 43.9 Å². The maximum Gasteiger partial charge on any atom is 1.00 e. The molecule has 0 heterocycles. The minimum absolute atomic E-state index is 0. The van der Waals surface area contributed by atoms with E-state index >= 15 is 0 Å². The third-order valence-electron chi connectivity index (χ3n) is 3.69. The summed E-state index contributed by atoms with van der Waals surface area (Å²) in [6, 6.07) is 25.1. The van der Waals surface area contributed by atoms with Gasteiger partial charge in [0, 0.05) is 6.07 Å². The fraction of sp³-hybridized carbons (Fsp3) is 0. The molecule has 25 heavy (non-hydrogen) atoms. The molecule has 0 radical (unpaired) electrons. The molecule has 0 amide bonds. The Labute approximate surface area is 168 Å². The number of hydrogen-bond acceptors (Lipinski definition) is 3. The minimum atomic E-state index is -4.54. The second-order valence-electron chi connectivity index (χ2n) is 5.21. The van der Waals surface area contributed by atoms with Crippen LogP contribution in [-0.4, -0.2) is 13.0 Å². The number of rotatable bonds is 4. The van der Waals surface area contributed by atoms with Crippen LogP contribution < -0.4 is 15.9 Å². The molecule has 0 N–H and O–H groups in total. The molecule has 0 aliphatic carbocycles. The second kappa shape index (κ2) is 8.15. The summed E-state index contributed by atoms with van der Waals surface area (Å²) in [5.41, 5.74) is 0. The van der Waals surface area contributed by atoms with Crippen LogP contribution in [0.3, 0.4) is 0 Å². The molecule has 0 fully saturated rings. The third-order valence-corrected chi connectivity index (χ3v) is 9.28. The molecule has 0 bridgehead atoms. The Hall–Kier alpha value is -0.970. The first-order valence-corrected chi connectivity index (χ1v) is 11.3. The summed E-state index contributed by atoms with van der Waals surface area (Å²) in [6.07, 6.45) is 0. The van der Waals surface area contributed by atoms with Crippen molar-refractivity contribution in [1.82, 2.24) is 0 Å². The van der Waals surface area contributed by atoms with E-state index in [0.29, 0.717) is 5.30 Å². The molecule has 3 aromatic rings. The Morgan fingerprint density at radius 3 is 1.60 bits per heavy atom. The Bertz CT molecular complexity index is 911. The van der Waals surface area contributed by atoms with E-state index in [2.05, 4.69) is 0 Å². The monoisotopic (exact) mass is 573 g/mol. The van der Waals surface area contributed by atoms with Gasteiger partial charge in [0.25, 0.3) is 0 Å². The quantitative estimate of drug-likeness (QED) is 0.274. The molecule has 132 valence electrons. The van der Waals surface area contributed by atoms with Gasteiger partial charge in [-0.3, -0.25) is 0 Å². The molecule has 7 heteroatoms. The molecule has 3 nitrogen and oxygen atoms in total. The van der Waals surface area contributed by atoms with E-state index < -0.39 is 16.7 Å². The van der Waals surface area contributed by atoms with Crippen molar-refractivity contribution in [3.05, 3.63) is 84.9 Å². The maximum atomic E-state index is 11.4.